The third kappa shape index (κ3) is 4.45. The number of ether oxygens (including phenoxy) is 1. The van der Waals surface area contributed by atoms with Crippen molar-refractivity contribution in [2.45, 2.75) is 24.8 Å². The highest BCUT2D eigenvalue weighted by molar-refractivity contribution is 5.90. The zero-order chi connectivity index (χ0) is 22.3. The predicted octanol–water partition coefficient (Wildman–Crippen LogP) is 4.37. The number of anilines is 1. The van der Waals surface area contributed by atoms with Crippen LogP contribution in [0.2, 0.25) is 0 Å². The number of rotatable bonds is 5. The lowest BCUT2D eigenvalue weighted by Crippen LogP contribution is -2.40. The molecular weight excluding hydrogens is 420 g/mol. The molecule has 0 radical (unpaired) electrons. The number of alkyl halides is 6. The summed E-state index contributed by atoms with van der Waals surface area (Å²) in [5, 5.41) is 10.8. The molecule has 1 heterocycles. The second-order valence-corrected chi connectivity index (χ2v) is 6.54. The fraction of sp³-hybridized carbons (Fsp3) is 0.316. The number of fused-ring (bicyclic) bond motifs is 1. The van der Waals surface area contributed by atoms with Gasteiger partial charge in [-0.2, -0.15) is 26.3 Å². The summed E-state index contributed by atoms with van der Waals surface area (Å²) >= 11 is 0. The average molecular weight is 435 g/mol. The Hall–Kier alpha value is -2.95. The highest BCUT2D eigenvalue weighted by atomic mass is 19.4. The van der Waals surface area contributed by atoms with Crippen LogP contribution in [0.1, 0.15) is 16.7 Å². The maximum absolute atomic E-state index is 12.9. The van der Waals surface area contributed by atoms with Gasteiger partial charge >= 0.3 is 12.4 Å². The van der Waals surface area contributed by atoms with Gasteiger partial charge in [-0.05, 0) is 42.0 Å². The van der Waals surface area contributed by atoms with Crippen molar-refractivity contribution in [2.24, 2.45) is 0 Å². The van der Waals surface area contributed by atoms with E-state index >= 15 is 0 Å². The van der Waals surface area contributed by atoms with Crippen molar-refractivity contribution in [3.63, 3.8) is 0 Å². The van der Waals surface area contributed by atoms with E-state index in [-0.39, 0.29) is 18.2 Å². The summed E-state index contributed by atoms with van der Waals surface area (Å²) in [4.78, 5) is 17.7. The molecule has 5 nitrogen and oxygen atoms in total. The van der Waals surface area contributed by atoms with E-state index in [2.05, 4.69) is 0 Å². The van der Waals surface area contributed by atoms with Gasteiger partial charge in [-0.25, -0.2) is 5.06 Å². The number of carbonyl (C=O) groups excluding carboxylic acids is 1. The van der Waals surface area contributed by atoms with Gasteiger partial charge in [0.1, 0.15) is 24.1 Å². The van der Waals surface area contributed by atoms with Crippen LogP contribution < -0.4 is 9.80 Å². The number of nitrogens with zero attached hydrogens (tertiary/aromatic N) is 1. The summed E-state index contributed by atoms with van der Waals surface area (Å²) in [6, 6.07) is 4.19. The van der Waals surface area contributed by atoms with Crippen molar-refractivity contribution in [3.8, 4) is 11.5 Å². The number of hydroxylamine groups is 1. The third-order valence-electron chi connectivity index (χ3n) is 4.51. The summed E-state index contributed by atoms with van der Waals surface area (Å²) < 4.78 is 82.6. The number of aromatic hydroxyl groups is 1. The number of halogens is 6. The molecule has 0 spiro atoms. The van der Waals surface area contributed by atoms with Crippen LogP contribution in [0.4, 0.5) is 32.0 Å². The Morgan fingerprint density at radius 3 is 2.20 bits per heavy atom. The third-order valence-corrected chi connectivity index (χ3v) is 4.51. The van der Waals surface area contributed by atoms with Crippen LogP contribution in [0.3, 0.4) is 0 Å². The van der Waals surface area contributed by atoms with Crippen LogP contribution in [0.15, 0.2) is 36.4 Å². The molecule has 2 aromatic carbocycles. The molecule has 162 valence electrons. The molecule has 2 aromatic rings. The van der Waals surface area contributed by atoms with Crippen molar-refractivity contribution in [1.82, 2.24) is 0 Å². The number of carbonyl (C=O) groups is 1. The van der Waals surface area contributed by atoms with Gasteiger partial charge in [0.2, 0.25) is 0 Å². The Kier molecular flexibility index (Phi) is 5.59. The van der Waals surface area contributed by atoms with Gasteiger partial charge in [-0.15, -0.1) is 0 Å². The standard InChI is InChI=1S/C19H15F6NO4/c1-29-26-15-3-2-13(27)4-10(15)5-16(26)17(28)9-30-14-7-11(18(20,21)22)6-12(8-14)19(23,24)25/h2-4,6-8,16,27H,5,9H2,1H3. The Bertz CT molecular complexity index is 925. The van der Waals surface area contributed by atoms with Gasteiger partial charge in [0.15, 0.2) is 5.78 Å². The molecule has 0 aromatic heterocycles. The fourth-order valence-electron chi connectivity index (χ4n) is 3.14. The van der Waals surface area contributed by atoms with E-state index in [1.165, 1.54) is 30.4 Å². The number of phenols is 1. The molecule has 0 fully saturated rings. The summed E-state index contributed by atoms with van der Waals surface area (Å²) in [6.45, 7) is -0.775. The second-order valence-electron chi connectivity index (χ2n) is 6.54. The highest BCUT2D eigenvalue weighted by Crippen LogP contribution is 2.38. The average Bonchev–Trinajstić information content (AvgIpc) is 3.02. The number of hydrogen-bond donors (Lipinski definition) is 1. The molecule has 1 unspecified atom stereocenters. The van der Waals surface area contributed by atoms with Gasteiger partial charge in [-0.3, -0.25) is 9.63 Å². The molecule has 1 aliphatic rings. The fourth-order valence-corrected chi connectivity index (χ4v) is 3.14. The number of phenolic OH excluding ortho intramolecular Hbond substituents is 1. The quantitative estimate of drug-likeness (QED) is 0.707. The molecule has 1 N–H and O–H groups in total. The first-order chi connectivity index (χ1) is 13.9. The van der Waals surface area contributed by atoms with Crippen LogP contribution in [0.5, 0.6) is 11.5 Å². The zero-order valence-corrected chi connectivity index (χ0v) is 15.3. The van der Waals surface area contributed by atoms with Crippen molar-refractivity contribution < 1.29 is 45.8 Å². The maximum Gasteiger partial charge on any atom is 0.416 e. The summed E-state index contributed by atoms with van der Waals surface area (Å²) in [5.41, 5.74) is -1.98. The van der Waals surface area contributed by atoms with Crippen molar-refractivity contribution in [3.05, 3.63) is 53.1 Å². The zero-order valence-electron chi connectivity index (χ0n) is 15.3. The minimum absolute atomic E-state index is 0.0264. The lowest BCUT2D eigenvalue weighted by Gasteiger charge is -2.23. The maximum atomic E-state index is 12.9. The number of hydrogen-bond acceptors (Lipinski definition) is 5. The van der Waals surface area contributed by atoms with Gasteiger partial charge in [-0.1, -0.05) is 0 Å². The Morgan fingerprint density at radius 1 is 1.07 bits per heavy atom. The molecule has 30 heavy (non-hydrogen) atoms. The van der Waals surface area contributed by atoms with E-state index in [0.29, 0.717) is 23.4 Å². The van der Waals surface area contributed by atoms with Gasteiger partial charge in [0, 0.05) is 6.42 Å². The minimum atomic E-state index is -5.02. The van der Waals surface area contributed by atoms with Crippen LogP contribution in [0.25, 0.3) is 0 Å². The molecule has 11 heteroatoms. The van der Waals surface area contributed by atoms with E-state index in [1.54, 1.807) is 0 Å². The topological polar surface area (TPSA) is 59.0 Å². The monoisotopic (exact) mass is 435 g/mol. The molecule has 0 saturated carbocycles. The van der Waals surface area contributed by atoms with E-state index in [0.717, 1.165) is 0 Å². The van der Waals surface area contributed by atoms with Crippen LogP contribution in [-0.2, 0) is 28.4 Å². The Morgan fingerprint density at radius 2 is 1.67 bits per heavy atom. The normalized spacial score (nSPS) is 16.5. The number of Topliss-reactive ketones (excluding diaryl/α,β-unsaturated/α-hetero) is 1. The summed E-state index contributed by atoms with van der Waals surface area (Å²) in [6.07, 6.45) is -9.92. The van der Waals surface area contributed by atoms with Crippen molar-refractivity contribution >= 4 is 11.5 Å². The molecule has 1 aliphatic heterocycles. The largest absolute Gasteiger partial charge is 0.508 e. The smallest absolute Gasteiger partial charge is 0.416 e. The van der Waals surface area contributed by atoms with Gasteiger partial charge < -0.3 is 9.84 Å². The first-order valence-electron chi connectivity index (χ1n) is 8.50. The predicted molar refractivity (Wildman–Crippen MR) is 92.0 cm³/mol. The number of benzene rings is 2. The van der Waals surface area contributed by atoms with Crippen LogP contribution in [-0.4, -0.2) is 30.6 Å². The minimum Gasteiger partial charge on any atom is -0.508 e. The Labute approximate surface area is 166 Å². The molecule has 1 atom stereocenters. The summed E-state index contributed by atoms with van der Waals surface area (Å²) in [5.74, 6) is -1.39. The molecule has 0 bridgehead atoms. The van der Waals surface area contributed by atoms with E-state index in [4.69, 9.17) is 9.57 Å². The lowest BCUT2D eigenvalue weighted by atomic mass is 10.1. The summed E-state index contributed by atoms with van der Waals surface area (Å²) in [7, 11) is 1.30. The molecular formula is C19H15F6NO4. The molecule has 0 saturated heterocycles. The van der Waals surface area contributed by atoms with E-state index in [9.17, 15) is 36.2 Å². The van der Waals surface area contributed by atoms with Crippen molar-refractivity contribution in [1.29, 1.82) is 0 Å². The number of ketones is 1. The first kappa shape index (κ1) is 21.8. The highest BCUT2D eigenvalue weighted by Gasteiger charge is 2.38. The Balaban J connectivity index is 1.79. The molecule has 0 amide bonds. The lowest BCUT2D eigenvalue weighted by molar-refractivity contribution is -0.143. The van der Waals surface area contributed by atoms with Crippen LogP contribution >= 0.6 is 0 Å². The van der Waals surface area contributed by atoms with Crippen molar-refractivity contribution in [2.75, 3.05) is 18.8 Å². The van der Waals surface area contributed by atoms with E-state index < -0.39 is 47.7 Å². The first-order valence-corrected chi connectivity index (χ1v) is 8.50. The molecule has 0 aliphatic carbocycles. The second kappa shape index (κ2) is 7.71. The van der Waals surface area contributed by atoms with Gasteiger partial charge in [0.25, 0.3) is 0 Å². The van der Waals surface area contributed by atoms with E-state index in [1.807, 2.05) is 0 Å². The SMILES string of the molecule is CON1c2ccc(O)cc2CC1C(=O)COc1cc(C(F)(F)F)cc(C(F)(F)F)c1. The van der Waals surface area contributed by atoms with Gasteiger partial charge in [0.05, 0.1) is 23.9 Å². The van der Waals surface area contributed by atoms with Crippen LogP contribution in [0, 0.1) is 0 Å². The molecule has 3 rings (SSSR count).